The lowest BCUT2D eigenvalue weighted by molar-refractivity contribution is -0.885. The number of quaternary nitrogens is 1. The fourth-order valence-electron chi connectivity index (χ4n) is 2.89. The van der Waals surface area contributed by atoms with E-state index >= 15 is 0 Å². The fraction of sp³-hybridized carbons (Fsp3) is 0.316. The number of hydrogen-bond acceptors (Lipinski definition) is 3. The molecule has 0 saturated carbocycles. The number of aryl methyl sites for hydroxylation is 1. The first-order valence-corrected chi connectivity index (χ1v) is 8.59. The molecule has 6 heteroatoms. The van der Waals surface area contributed by atoms with Crippen LogP contribution in [0.5, 0.6) is 5.75 Å². The van der Waals surface area contributed by atoms with Crippen molar-refractivity contribution in [3.8, 4) is 5.75 Å². The van der Waals surface area contributed by atoms with Crippen molar-refractivity contribution in [1.82, 2.24) is 0 Å². The number of ether oxygens (including phenoxy) is 2. The summed E-state index contributed by atoms with van der Waals surface area (Å²) in [7, 11) is 1.97. The highest BCUT2D eigenvalue weighted by molar-refractivity contribution is 6.30. The first kappa shape index (κ1) is 17.7. The lowest BCUT2D eigenvalue weighted by Crippen LogP contribution is -3.08. The van der Waals surface area contributed by atoms with Gasteiger partial charge in [0, 0.05) is 16.3 Å². The molecule has 0 radical (unpaired) electrons. The third kappa shape index (κ3) is 4.72. The quantitative estimate of drug-likeness (QED) is 0.858. The monoisotopic (exact) mass is 361 g/mol. The summed E-state index contributed by atoms with van der Waals surface area (Å²) in [6, 6.07) is 11.5. The largest absolute Gasteiger partial charge is 0.467 e. The molecule has 2 aromatic carbocycles. The Bertz CT molecular complexity index is 762. The Kier molecular flexibility index (Phi) is 5.58. The summed E-state index contributed by atoms with van der Waals surface area (Å²) in [6.45, 7) is 3.75. The Balaban J connectivity index is 1.62. The van der Waals surface area contributed by atoms with Gasteiger partial charge in [0.05, 0.1) is 19.2 Å². The van der Waals surface area contributed by atoms with E-state index in [0.717, 1.165) is 33.0 Å². The third-order valence-corrected chi connectivity index (χ3v) is 4.26. The normalized spacial score (nSPS) is 14.4. The Hall–Kier alpha value is -2.08. The van der Waals surface area contributed by atoms with Gasteiger partial charge in [0.2, 0.25) is 0 Å². The van der Waals surface area contributed by atoms with Crippen molar-refractivity contribution in [1.29, 1.82) is 0 Å². The summed E-state index contributed by atoms with van der Waals surface area (Å²) in [5.41, 5.74) is 3.91. The van der Waals surface area contributed by atoms with Gasteiger partial charge in [0.1, 0.15) is 12.3 Å². The minimum Gasteiger partial charge on any atom is -0.467 e. The molecule has 2 aromatic rings. The van der Waals surface area contributed by atoms with Crippen LogP contribution in [0.2, 0.25) is 5.02 Å². The van der Waals surface area contributed by atoms with E-state index in [0.29, 0.717) is 24.7 Å². The average molecular weight is 362 g/mol. The number of hydrogen-bond donors (Lipinski definition) is 2. The second kappa shape index (κ2) is 7.87. The third-order valence-electron chi connectivity index (χ3n) is 4.04. The van der Waals surface area contributed by atoms with E-state index in [9.17, 15) is 4.79 Å². The molecule has 0 fully saturated rings. The zero-order chi connectivity index (χ0) is 17.8. The molecule has 2 N–H and O–H groups in total. The van der Waals surface area contributed by atoms with Gasteiger partial charge in [0.15, 0.2) is 13.3 Å². The van der Waals surface area contributed by atoms with Gasteiger partial charge in [0.25, 0.3) is 5.91 Å². The highest BCUT2D eigenvalue weighted by atomic mass is 35.5. The van der Waals surface area contributed by atoms with Crippen molar-refractivity contribution in [2.75, 3.05) is 25.7 Å². The standard InChI is InChI=1S/C19H21ClN2O3/c1-13-3-5-17(6-4-13)21-18(23)10-22(2)9-14-7-16(20)8-15-11-24-12-25-19(14)15/h3-8H,9-12H2,1-2H3,(H,21,23)/p+1. The van der Waals surface area contributed by atoms with E-state index in [4.69, 9.17) is 21.1 Å². The molecule has 1 heterocycles. The molecule has 1 aliphatic rings. The lowest BCUT2D eigenvalue weighted by Gasteiger charge is -2.22. The Labute approximate surface area is 152 Å². The Morgan fingerprint density at radius 2 is 2.04 bits per heavy atom. The van der Waals surface area contributed by atoms with Crippen LogP contribution in [0.25, 0.3) is 0 Å². The van der Waals surface area contributed by atoms with Gasteiger partial charge in [-0.25, -0.2) is 0 Å². The lowest BCUT2D eigenvalue weighted by atomic mass is 10.1. The van der Waals surface area contributed by atoms with Gasteiger partial charge in [-0.1, -0.05) is 29.3 Å². The van der Waals surface area contributed by atoms with Crippen molar-refractivity contribution in [3.05, 3.63) is 58.1 Å². The first-order valence-electron chi connectivity index (χ1n) is 8.21. The van der Waals surface area contributed by atoms with Crippen LogP contribution in [0.4, 0.5) is 5.69 Å². The second-order valence-corrected chi connectivity index (χ2v) is 6.83. The molecular formula is C19H22ClN2O3+. The maximum atomic E-state index is 12.2. The predicted octanol–water partition coefficient (Wildman–Crippen LogP) is 2.17. The number of anilines is 1. The molecule has 3 rings (SSSR count). The molecular weight excluding hydrogens is 340 g/mol. The highest BCUT2D eigenvalue weighted by Gasteiger charge is 2.20. The Morgan fingerprint density at radius 3 is 2.80 bits per heavy atom. The molecule has 0 aliphatic carbocycles. The summed E-state index contributed by atoms with van der Waals surface area (Å²) in [6.07, 6.45) is 0. The number of fused-ring (bicyclic) bond motifs is 1. The number of likely N-dealkylation sites (N-methyl/N-ethyl adjacent to an activating group) is 1. The molecule has 1 atom stereocenters. The van der Waals surface area contributed by atoms with Crippen LogP contribution in [0.3, 0.4) is 0 Å². The number of nitrogens with one attached hydrogen (secondary N) is 2. The van der Waals surface area contributed by atoms with Crippen LogP contribution in [0, 0.1) is 6.92 Å². The van der Waals surface area contributed by atoms with Crippen molar-refractivity contribution in [2.45, 2.75) is 20.1 Å². The zero-order valence-electron chi connectivity index (χ0n) is 14.4. The van der Waals surface area contributed by atoms with Crippen molar-refractivity contribution < 1.29 is 19.2 Å². The molecule has 1 aliphatic heterocycles. The average Bonchev–Trinajstić information content (AvgIpc) is 2.56. The molecule has 0 bridgehead atoms. The van der Waals surface area contributed by atoms with Crippen LogP contribution in [0.15, 0.2) is 36.4 Å². The van der Waals surface area contributed by atoms with Gasteiger partial charge in [-0.3, -0.25) is 4.79 Å². The summed E-state index contributed by atoms with van der Waals surface area (Å²) in [5, 5.41) is 3.57. The van der Waals surface area contributed by atoms with E-state index in [2.05, 4.69) is 5.32 Å². The molecule has 0 saturated heterocycles. The molecule has 1 amide bonds. The molecule has 5 nitrogen and oxygen atoms in total. The van der Waals surface area contributed by atoms with Crippen LogP contribution in [-0.4, -0.2) is 26.3 Å². The Morgan fingerprint density at radius 1 is 1.28 bits per heavy atom. The van der Waals surface area contributed by atoms with Crippen molar-refractivity contribution >= 4 is 23.2 Å². The molecule has 0 aromatic heterocycles. The van der Waals surface area contributed by atoms with Gasteiger partial charge < -0.3 is 19.7 Å². The molecule has 1 unspecified atom stereocenters. The van der Waals surface area contributed by atoms with Crippen molar-refractivity contribution in [3.63, 3.8) is 0 Å². The predicted molar refractivity (Wildman–Crippen MR) is 97.0 cm³/mol. The van der Waals surface area contributed by atoms with E-state index in [1.54, 1.807) is 0 Å². The van der Waals surface area contributed by atoms with Crippen LogP contribution >= 0.6 is 11.6 Å². The van der Waals surface area contributed by atoms with Gasteiger partial charge >= 0.3 is 0 Å². The summed E-state index contributed by atoms with van der Waals surface area (Å²) in [4.78, 5) is 13.3. The van der Waals surface area contributed by atoms with E-state index in [1.165, 1.54) is 0 Å². The van der Waals surface area contributed by atoms with Crippen LogP contribution in [0.1, 0.15) is 16.7 Å². The zero-order valence-corrected chi connectivity index (χ0v) is 15.2. The molecule has 132 valence electrons. The number of halogens is 1. The number of carbonyl (C=O) groups excluding carboxylic acids is 1. The minimum atomic E-state index is -0.0264. The number of rotatable bonds is 5. The van der Waals surface area contributed by atoms with Crippen LogP contribution < -0.4 is 15.0 Å². The van der Waals surface area contributed by atoms with E-state index in [1.807, 2.05) is 50.4 Å². The number of benzene rings is 2. The summed E-state index contributed by atoms with van der Waals surface area (Å²) in [5.74, 6) is 0.801. The van der Waals surface area contributed by atoms with E-state index < -0.39 is 0 Å². The van der Waals surface area contributed by atoms with Crippen LogP contribution in [-0.2, 0) is 22.7 Å². The summed E-state index contributed by atoms with van der Waals surface area (Å²) < 4.78 is 10.9. The minimum absolute atomic E-state index is 0.0264. The SMILES string of the molecule is Cc1ccc(NC(=O)C[NH+](C)Cc2cc(Cl)cc3c2OCOC3)cc1. The molecule has 0 spiro atoms. The van der Waals surface area contributed by atoms with Crippen molar-refractivity contribution in [2.24, 2.45) is 0 Å². The number of amides is 1. The number of carbonyl (C=O) groups is 1. The smallest absolute Gasteiger partial charge is 0.279 e. The van der Waals surface area contributed by atoms with Gasteiger partial charge in [-0.2, -0.15) is 0 Å². The van der Waals surface area contributed by atoms with E-state index in [-0.39, 0.29) is 12.7 Å². The fourth-order valence-corrected chi connectivity index (χ4v) is 3.16. The highest BCUT2D eigenvalue weighted by Crippen LogP contribution is 2.31. The maximum absolute atomic E-state index is 12.2. The summed E-state index contributed by atoms with van der Waals surface area (Å²) >= 11 is 6.19. The van der Waals surface area contributed by atoms with Gasteiger partial charge in [-0.05, 0) is 31.2 Å². The van der Waals surface area contributed by atoms with Gasteiger partial charge in [-0.15, -0.1) is 0 Å². The first-order chi connectivity index (χ1) is 12.0. The topological polar surface area (TPSA) is 52.0 Å². The molecule has 25 heavy (non-hydrogen) atoms. The maximum Gasteiger partial charge on any atom is 0.279 e. The second-order valence-electron chi connectivity index (χ2n) is 6.39.